The number of amides is 1. The van der Waals surface area contributed by atoms with Gasteiger partial charge < -0.3 is 15.2 Å². The summed E-state index contributed by atoms with van der Waals surface area (Å²) in [5.74, 6) is 0.0969. The number of rotatable bonds is 6. The Bertz CT molecular complexity index is 1100. The zero-order chi connectivity index (χ0) is 24.5. The van der Waals surface area contributed by atoms with Crippen molar-refractivity contribution in [3.05, 3.63) is 63.2 Å². The van der Waals surface area contributed by atoms with Crippen LogP contribution >= 0.6 is 0 Å². The van der Waals surface area contributed by atoms with E-state index in [9.17, 15) is 14.7 Å². The fraction of sp³-hybridized carbons (Fsp3) is 0.429. The maximum absolute atomic E-state index is 12.7. The van der Waals surface area contributed by atoms with Crippen LogP contribution in [0.4, 0.5) is 5.69 Å². The molecule has 1 aliphatic heterocycles. The first kappa shape index (κ1) is 24.6. The summed E-state index contributed by atoms with van der Waals surface area (Å²) in [4.78, 5) is 24.0. The lowest BCUT2D eigenvalue weighted by molar-refractivity contribution is -0.132. The number of carboxylic acids is 1. The van der Waals surface area contributed by atoms with E-state index in [-0.39, 0.29) is 17.2 Å². The van der Waals surface area contributed by atoms with E-state index in [0.717, 1.165) is 44.8 Å². The number of nitrogens with one attached hydrogen (secondary N) is 1. The molecule has 2 N–H and O–H groups in total. The zero-order valence-electron chi connectivity index (χ0n) is 20.8. The van der Waals surface area contributed by atoms with Crippen molar-refractivity contribution in [2.24, 2.45) is 5.41 Å². The maximum atomic E-state index is 12.7. The van der Waals surface area contributed by atoms with Crippen molar-refractivity contribution < 1.29 is 19.4 Å². The first-order chi connectivity index (χ1) is 15.4. The molecule has 1 heterocycles. The molecular weight excluding hydrogens is 414 g/mol. The highest BCUT2D eigenvalue weighted by Gasteiger charge is 2.32. The third kappa shape index (κ3) is 5.29. The van der Waals surface area contributed by atoms with Gasteiger partial charge in [-0.25, -0.2) is 4.79 Å². The van der Waals surface area contributed by atoms with E-state index < -0.39 is 5.97 Å². The standard InChI is InChI=1S/C28H35NO4/c1-8-20(27(31)32)13-19-9-11-21(12-10-19)22-15-33-26-17(3)16(2)25(18(4)24(22)26)29-23(30)14-28(5,6)7/h9-13,22H,8,14-15H2,1-7H3,(H,29,30)(H,31,32). The highest BCUT2D eigenvalue weighted by Crippen LogP contribution is 2.47. The number of benzene rings is 2. The lowest BCUT2D eigenvalue weighted by atomic mass is 9.86. The predicted molar refractivity (Wildman–Crippen MR) is 133 cm³/mol. The molecule has 0 saturated heterocycles. The minimum Gasteiger partial charge on any atom is -0.492 e. The van der Waals surface area contributed by atoms with Gasteiger partial charge in [0.25, 0.3) is 0 Å². The van der Waals surface area contributed by atoms with E-state index in [1.165, 1.54) is 0 Å². The summed E-state index contributed by atoms with van der Waals surface area (Å²) in [6.07, 6.45) is 2.64. The largest absolute Gasteiger partial charge is 0.492 e. The van der Waals surface area contributed by atoms with Crippen LogP contribution in [0, 0.1) is 26.2 Å². The molecule has 1 aliphatic rings. The van der Waals surface area contributed by atoms with Gasteiger partial charge in [0, 0.05) is 29.2 Å². The van der Waals surface area contributed by atoms with E-state index >= 15 is 0 Å². The first-order valence-electron chi connectivity index (χ1n) is 11.5. The Hall–Kier alpha value is -3.08. The van der Waals surface area contributed by atoms with Crippen LogP contribution < -0.4 is 10.1 Å². The molecule has 2 aromatic rings. The average molecular weight is 450 g/mol. The molecule has 0 spiro atoms. The molecule has 0 aromatic heterocycles. The molecule has 1 unspecified atom stereocenters. The number of carbonyl (C=O) groups excluding carboxylic acids is 1. The van der Waals surface area contributed by atoms with Crippen LogP contribution in [-0.4, -0.2) is 23.6 Å². The molecule has 5 nitrogen and oxygen atoms in total. The van der Waals surface area contributed by atoms with Gasteiger partial charge in [-0.2, -0.15) is 0 Å². The summed E-state index contributed by atoms with van der Waals surface area (Å²) < 4.78 is 6.14. The van der Waals surface area contributed by atoms with Crippen molar-refractivity contribution in [3.8, 4) is 5.75 Å². The lowest BCUT2D eigenvalue weighted by Crippen LogP contribution is -2.21. The van der Waals surface area contributed by atoms with Crippen LogP contribution in [0.1, 0.15) is 79.8 Å². The van der Waals surface area contributed by atoms with E-state index in [1.54, 1.807) is 6.08 Å². The minimum absolute atomic E-state index is 0.0183. The topological polar surface area (TPSA) is 75.6 Å². The van der Waals surface area contributed by atoms with Crippen LogP contribution in [0.25, 0.3) is 6.08 Å². The van der Waals surface area contributed by atoms with Gasteiger partial charge in [0.15, 0.2) is 0 Å². The van der Waals surface area contributed by atoms with Gasteiger partial charge in [-0.15, -0.1) is 0 Å². The molecule has 33 heavy (non-hydrogen) atoms. The van der Waals surface area contributed by atoms with E-state index in [4.69, 9.17) is 4.74 Å². The Morgan fingerprint density at radius 2 is 1.73 bits per heavy atom. The molecule has 1 amide bonds. The minimum atomic E-state index is -0.887. The van der Waals surface area contributed by atoms with Gasteiger partial charge in [-0.05, 0) is 66.5 Å². The van der Waals surface area contributed by atoms with E-state index in [2.05, 4.69) is 33.0 Å². The molecule has 176 valence electrons. The molecule has 3 rings (SSSR count). The van der Waals surface area contributed by atoms with Gasteiger partial charge in [-0.1, -0.05) is 52.0 Å². The molecule has 0 saturated carbocycles. The van der Waals surface area contributed by atoms with Gasteiger partial charge >= 0.3 is 5.97 Å². The molecule has 0 radical (unpaired) electrons. The van der Waals surface area contributed by atoms with Crippen molar-refractivity contribution in [2.75, 3.05) is 11.9 Å². The van der Waals surface area contributed by atoms with Crippen LogP contribution in [-0.2, 0) is 9.59 Å². The Balaban J connectivity index is 1.97. The van der Waals surface area contributed by atoms with Crippen LogP contribution in [0.15, 0.2) is 29.8 Å². The van der Waals surface area contributed by atoms with E-state index in [0.29, 0.717) is 25.0 Å². The highest BCUT2D eigenvalue weighted by atomic mass is 16.5. The highest BCUT2D eigenvalue weighted by molar-refractivity contribution is 5.94. The normalized spacial score (nSPS) is 15.7. The number of anilines is 1. The number of hydrogen-bond donors (Lipinski definition) is 2. The Kier molecular flexibility index (Phi) is 7.01. The first-order valence-corrected chi connectivity index (χ1v) is 11.5. The summed E-state index contributed by atoms with van der Waals surface area (Å²) in [6.45, 7) is 14.7. The van der Waals surface area contributed by atoms with Crippen molar-refractivity contribution in [1.29, 1.82) is 0 Å². The van der Waals surface area contributed by atoms with Crippen molar-refractivity contribution in [2.45, 2.75) is 67.2 Å². The smallest absolute Gasteiger partial charge is 0.331 e. The number of hydrogen-bond acceptors (Lipinski definition) is 3. The van der Waals surface area contributed by atoms with Crippen molar-refractivity contribution in [3.63, 3.8) is 0 Å². The molecular formula is C28H35NO4. The average Bonchev–Trinajstić information content (AvgIpc) is 3.18. The number of carbonyl (C=O) groups is 2. The predicted octanol–water partition coefficient (Wildman–Crippen LogP) is 6.39. The summed E-state index contributed by atoms with van der Waals surface area (Å²) in [5, 5.41) is 12.5. The fourth-order valence-corrected chi connectivity index (χ4v) is 4.46. The van der Waals surface area contributed by atoms with Gasteiger partial charge in [0.05, 0.1) is 6.61 Å². The van der Waals surface area contributed by atoms with Gasteiger partial charge in [0.2, 0.25) is 5.91 Å². The van der Waals surface area contributed by atoms with Crippen LogP contribution in [0.2, 0.25) is 0 Å². The molecule has 0 bridgehead atoms. The Morgan fingerprint density at radius 3 is 2.27 bits per heavy atom. The second-order valence-corrected chi connectivity index (χ2v) is 10.1. The lowest BCUT2D eigenvalue weighted by Gasteiger charge is -2.22. The third-order valence-electron chi connectivity index (χ3n) is 6.34. The summed E-state index contributed by atoms with van der Waals surface area (Å²) in [7, 11) is 0. The second-order valence-electron chi connectivity index (χ2n) is 10.1. The molecule has 1 atom stereocenters. The second kappa shape index (κ2) is 9.42. The Morgan fingerprint density at radius 1 is 1.09 bits per heavy atom. The molecule has 0 fully saturated rings. The molecule has 2 aromatic carbocycles. The summed E-state index contributed by atoms with van der Waals surface area (Å²) in [5.41, 5.74) is 7.40. The number of ether oxygens (including phenoxy) is 1. The maximum Gasteiger partial charge on any atom is 0.331 e. The van der Waals surface area contributed by atoms with Gasteiger partial charge in [0.1, 0.15) is 5.75 Å². The zero-order valence-corrected chi connectivity index (χ0v) is 20.8. The van der Waals surface area contributed by atoms with Crippen LogP contribution in [0.5, 0.6) is 5.75 Å². The van der Waals surface area contributed by atoms with Crippen LogP contribution in [0.3, 0.4) is 0 Å². The Labute approximate surface area is 196 Å². The summed E-state index contributed by atoms with van der Waals surface area (Å²) in [6, 6.07) is 7.98. The summed E-state index contributed by atoms with van der Waals surface area (Å²) >= 11 is 0. The van der Waals surface area contributed by atoms with Crippen molar-refractivity contribution in [1.82, 2.24) is 0 Å². The SMILES string of the molecule is CCC(=Cc1ccc(C2COc3c(C)c(C)c(NC(=O)CC(C)(C)C)c(C)c32)cc1)C(=O)O. The van der Waals surface area contributed by atoms with Crippen molar-refractivity contribution >= 4 is 23.6 Å². The van der Waals surface area contributed by atoms with Gasteiger partial charge in [-0.3, -0.25) is 4.79 Å². The number of fused-ring (bicyclic) bond motifs is 1. The number of carboxylic acid groups (broad SMARTS) is 1. The monoisotopic (exact) mass is 449 g/mol. The third-order valence-corrected chi connectivity index (χ3v) is 6.34. The molecule has 5 heteroatoms. The number of aliphatic carboxylic acids is 1. The fourth-order valence-electron chi connectivity index (χ4n) is 4.46. The van der Waals surface area contributed by atoms with E-state index in [1.807, 2.05) is 45.0 Å². The quantitative estimate of drug-likeness (QED) is 0.501. The molecule has 0 aliphatic carbocycles.